The van der Waals surface area contributed by atoms with Crippen LogP contribution in [0, 0.1) is 0 Å². The lowest BCUT2D eigenvalue weighted by Gasteiger charge is -2.40. The number of carbonyl (C=O) groups is 4. The van der Waals surface area contributed by atoms with Crippen LogP contribution in [0.3, 0.4) is 0 Å². The molecule has 0 saturated carbocycles. The summed E-state index contributed by atoms with van der Waals surface area (Å²) in [5.74, 6) is 0.187. The lowest BCUT2D eigenvalue weighted by Crippen LogP contribution is -2.55. The first-order valence-corrected chi connectivity index (χ1v) is 15.5. The minimum absolute atomic E-state index is 0.000260. The summed E-state index contributed by atoms with van der Waals surface area (Å²) < 4.78 is 5.33. The van der Waals surface area contributed by atoms with Crippen LogP contribution in [0.4, 0.5) is 15.3 Å². The maximum absolute atomic E-state index is 13.5. The zero-order chi connectivity index (χ0) is 32.2. The first-order chi connectivity index (χ1) is 21.6. The smallest absolute Gasteiger partial charge is 0.326 e. The van der Waals surface area contributed by atoms with Gasteiger partial charge < -0.3 is 30.3 Å². The van der Waals surface area contributed by atoms with Gasteiger partial charge in [-0.3, -0.25) is 19.4 Å². The van der Waals surface area contributed by atoms with Gasteiger partial charge in [0.15, 0.2) is 6.23 Å². The first kappa shape index (κ1) is 32.4. The Morgan fingerprint density at radius 1 is 1.11 bits per heavy atom. The molecule has 1 fully saturated rings. The number of aliphatic hydroxyl groups is 1. The summed E-state index contributed by atoms with van der Waals surface area (Å²) in [6, 6.07) is 9.75. The molecule has 1 atom stereocenters. The van der Waals surface area contributed by atoms with E-state index in [9.17, 15) is 24.3 Å². The fourth-order valence-electron chi connectivity index (χ4n) is 5.92. The molecule has 0 bridgehead atoms. The Kier molecular flexibility index (Phi) is 10.1. The highest BCUT2D eigenvalue weighted by molar-refractivity contribution is 6.43. The van der Waals surface area contributed by atoms with E-state index in [-0.39, 0.29) is 53.6 Å². The molecular weight excluding hydrogens is 623 g/mol. The van der Waals surface area contributed by atoms with Crippen molar-refractivity contribution in [3.8, 4) is 5.75 Å². The zero-order valence-electron chi connectivity index (χ0n) is 25.1. The number of nitrogens with one attached hydrogen (secondary N) is 2. The number of rotatable bonds is 8. The number of nitrogens with zero attached hydrogens (tertiary/aromatic N) is 4. The van der Waals surface area contributed by atoms with E-state index in [4.69, 9.17) is 27.9 Å². The van der Waals surface area contributed by atoms with Gasteiger partial charge in [0.25, 0.3) is 0 Å². The normalized spacial score (nSPS) is 19.0. The van der Waals surface area contributed by atoms with Gasteiger partial charge in [0.1, 0.15) is 12.3 Å². The third kappa shape index (κ3) is 7.13. The Morgan fingerprint density at radius 2 is 1.87 bits per heavy atom. The number of amides is 6. The molecule has 1 saturated heterocycles. The molecular formula is C31H36Cl2N6O6. The molecule has 45 heavy (non-hydrogen) atoms. The summed E-state index contributed by atoms with van der Waals surface area (Å²) in [5.41, 5.74) is 2.49. The maximum atomic E-state index is 13.5. The highest BCUT2D eigenvalue weighted by atomic mass is 35.5. The molecule has 3 aliphatic rings. The standard InChI is InChI=1S/C31H36Cl2N6O6/c1-19(40)34-11-15-39-29(42)24(23-4-3-5-25(32)28(23)33)17-37(31(39)44)18-27(41)36-12-9-21(10-13-36)38-14-8-20-16-22(45-2)6-7-26(20)35-30(38)43/h3-7,16-17,21,29,42H,8-15,18H2,1-2H3,(H,34,40)(H,35,43). The molecule has 2 aromatic carbocycles. The van der Waals surface area contributed by atoms with Crippen molar-refractivity contribution in [2.75, 3.05) is 51.7 Å². The van der Waals surface area contributed by atoms with Crippen LogP contribution in [0.15, 0.2) is 42.6 Å². The second kappa shape index (κ2) is 14.0. The summed E-state index contributed by atoms with van der Waals surface area (Å²) in [5, 5.41) is 17.3. The van der Waals surface area contributed by atoms with Crippen LogP contribution in [0.1, 0.15) is 30.9 Å². The second-order valence-electron chi connectivity index (χ2n) is 11.2. The molecule has 5 rings (SSSR count). The maximum Gasteiger partial charge on any atom is 0.326 e. The number of likely N-dealkylation sites (tertiary alicyclic amines) is 1. The number of anilines is 1. The number of benzene rings is 2. The van der Waals surface area contributed by atoms with Gasteiger partial charge in [-0.1, -0.05) is 35.3 Å². The molecule has 12 nitrogen and oxygen atoms in total. The van der Waals surface area contributed by atoms with E-state index in [1.54, 1.807) is 30.2 Å². The van der Waals surface area contributed by atoms with Crippen molar-refractivity contribution in [1.82, 2.24) is 24.9 Å². The number of piperidine rings is 1. The van der Waals surface area contributed by atoms with Crippen LogP contribution in [0.25, 0.3) is 5.57 Å². The predicted molar refractivity (Wildman–Crippen MR) is 170 cm³/mol. The topological polar surface area (TPSA) is 135 Å². The fourth-order valence-corrected chi connectivity index (χ4v) is 6.33. The SMILES string of the molecule is COc1ccc2c(c1)CCN(C1CCN(C(=O)CN3C=C(c4cccc(Cl)c4Cl)C(O)N(CCNC(C)=O)C3=O)CC1)C(=O)N2. The molecule has 0 radical (unpaired) electrons. The van der Waals surface area contributed by atoms with Crippen LogP contribution < -0.4 is 15.4 Å². The minimum Gasteiger partial charge on any atom is -0.497 e. The average Bonchev–Trinajstić information content (AvgIpc) is 3.19. The molecule has 14 heteroatoms. The molecule has 0 aromatic heterocycles. The van der Waals surface area contributed by atoms with Gasteiger partial charge in [-0.25, -0.2) is 9.59 Å². The van der Waals surface area contributed by atoms with Gasteiger partial charge in [0, 0.05) is 68.7 Å². The lowest BCUT2D eigenvalue weighted by molar-refractivity contribution is -0.133. The molecule has 1 unspecified atom stereocenters. The lowest BCUT2D eigenvalue weighted by atomic mass is 10.0. The van der Waals surface area contributed by atoms with E-state index in [0.717, 1.165) is 17.0 Å². The average molecular weight is 660 g/mol. The van der Waals surface area contributed by atoms with E-state index < -0.39 is 12.3 Å². The van der Waals surface area contributed by atoms with Crippen LogP contribution in [-0.4, -0.2) is 107 Å². The third-order valence-electron chi connectivity index (χ3n) is 8.35. The van der Waals surface area contributed by atoms with E-state index in [2.05, 4.69) is 10.6 Å². The van der Waals surface area contributed by atoms with Gasteiger partial charge in [-0.05, 0) is 49.1 Å². The predicted octanol–water partition coefficient (Wildman–Crippen LogP) is 3.62. The third-order valence-corrected chi connectivity index (χ3v) is 9.17. The minimum atomic E-state index is -1.38. The number of hydrogen-bond donors (Lipinski definition) is 3. The van der Waals surface area contributed by atoms with Gasteiger partial charge in [-0.2, -0.15) is 0 Å². The number of hydrogen-bond acceptors (Lipinski definition) is 6. The number of ether oxygens (including phenoxy) is 1. The summed E-state index contributed by atoms with van der Waals surface area (Å²) in [4.78, 5) is 57.4. The summed E-state index contributed by atoms with van der Waals surface area (Å²) in [6.45, 7) is 2.57. The Labute approximate surface area is 271 Å². The van der Waals surface area contributed by atoms with E-state index in [1.165, 1.54) is 22.9 Å². The van der Waals surface area contributed by atoms with E-state index in [1.807, 2.05) is 23.1 Å². The van der Waals surface area contributed by atoms with Crippen LogP contribution in [0.5, 0.6) is 5.75 Å². The monoisotopic (exact) mass is 658 g/mol. The van der Waals surface area contributed by atoms with Crippen LogP contribution in [-0.2, 0) is 16.0 Å². The number of fused-ring (bicyclic) bond motifs is 1. The van der Waals surface area contributed by atoms with E-state index >= 15 is 0 Å². The van der Waals surface area contributed by atoms with Crippen molar-refractivity contribution in [1.29, 1.82) is 0 Å². The summed E-state index contributed by atoms with van der Waals surface area (Å²) >= 11 is 12.7. The molecule has 2 aromatic rings. The fraction of sp³-hybridized carbons (Fsp3) is 0.419. The Morgan fingerprint density at radius 3 is 2.58 bits per heavy atom. The van der Waals surface area contributed by atoms with Gasteiger partial charge in [0.2, 0.25) is 11.8 Å². The molecule has 0 aliphatic carbocycles. The number of urea groups is 2. The molecule has 0 spiro atoms. The zero-order valence-corrected chi connectivity index (χ0v) is 26.6. The summed E-state index contributed by atoms with van der Waals surface area (Å²) in [6.07, 6.45) is 1.91. The highest BCUT2D eigenvalue weighted by Crippen LogP contribution is 2.35. The first-order valence-electron chi connectivity index (χ1n) is 14.8. The van der Waals surface area contributed by atoms with E-state index in [0.29, 0.717) is 50.0 Å². The number of aliphatic hydroxyl groups excluding tert-OH is 1. The van der Waals surface area contributed by atoms with Gasteiger partial charge >= 0.3 is 12.1 Å². The van der Waals surface area contributed by atoms with Crippen molar-refractivity contribution < 1.29 is 29.0 Å². The second-order valence-corrected chi connectivity index (χ2v) is 11.9. The summed E-state index contributed by atoms with van der Waals surface area (Å²) in [7, 11) is 1.61. The van der Waals surface area contributed by atoms with Gasteiger partial charge in [-0.15, -0.1) is 0 Å². The van der Waals surface area contributed by atoms with Crippen molar-refractivity contribution in [2.24, 2.45) is 0 Å². The Balaban J connectivity index is 1.26. The molecule has 6 amide bonds. The Hall–Kier alpha value is -4.00. The molecule has 240 valence electrons. The Bertz CT molecular complexity index is 1510. The quantitative estimate of drug-likeness (QED) is 0.397. The largest absolute Gasteiger partial charge is 0.497 e. The number of carbonyl (C=O) groups excluding carboxylic acids is 4. The van der Waals surface area contributed by atoms with Crippen molar-refractivity contribution in [3.63, 3.8) is 0 Å². The molecule has 3 N–H and O–H groups in total. The number of halogens is 2. The number of methoxy groups -OCH3 is 1. The van der Waals surface area contributed by atoms with Crippen LogP contribution >= 0.6 is 23.2 Å². The highest BCUT2D eigenvalue weighted by Gasteiger charge is 2.37. The van der Waals surface area contributed by atoms with Crippen molar-refractivity contribution in [3.05, 3.63) is 63.8 Å². The van der Waals surface area contributed by atoms with Crippen molar-refractivity contribution >= 4 is 58.3 Å². The van der Waals surface area contributed by atoms with Crippen molar-refractivity contribution in [2.45, 2.75) is 38.5 Å². The molecule has 3 heterocycles. The van der Waals surface area contributed by atoms with Gasteiger partial charge in [0.05, 0.1) is 17.2 Å². The van der Waals surface area contributed by atoms with Crippen LogP contribution in [0.2, 0.25) is 10.0 Å². The molecule has 3 aliphatic heterocycles.